The molecule has 2 N–H and O–H groups in total. The second-order valence-corrected chi connectivity index (χ2v) is 2.99. The van der Waals surface area contributed by atoms with Crippen molar-refractivity contribution in [3.05, 3.63) is 0 Å². The molecule has 0 aromatic heterocycles. The fourth-order valence-electron chi connectivity index (χ4n) is 1.36. The van der Waals surface area contributed by atoms with Gasteiger partial charge in [-0.2, -0.15) is 0 Å². The Kier molecular flexibility index (Phi) is 9.87. The molecule has 0 aliphatic carbocycles. The van der Waals surface area contributed by atoms with E-state index >= 15 is 0 Å². The normalized spacial score (nSPS) is 17.8. The lowest BCUT2D eigenvalue weighted by molar-refractivity contribution is 0.0599. The van der Waals surface area contributed by atoms with Gasteiger partial charge in [0.1, 0.15) is 0 Å². The third kappa shape index (κ3) is 6.99. The minimum atomic E-state index is 0.144. The summed E-state index contributed by atoms with van der Waals surface area (Å²) in [6.07, 6.45) is 2.43. The predicted octanol–water partition coefficient (Wildman–Crippen LogP) is 1.02. The van der Waals surface area contributed by atoms with E-state index in [0.717, 1.165) is 19.7 Å². The third-order valence-corrected chi connectivity index (χ3v) is 2.05. The molecule has 0 aromatic rings. The molecule has 0 aromatic carbocycles. The summed E-state index contributed by atoms with van der Waals surface area (Å²) in [5.41, 5.74) is 0. The van der Waals surface area contributed by atoms with E-state index in [2.05, 4.69) is 5.32 Å². The van der Waals surface area contributed by atoms with Crippen LogP contribution in [0.2, 0.25) is 0 Å². The summed E-state index contributed by atoms with van der Waals surface area (Å²) in [6, 6.07) is 0. The van der Waals surface area contributed by atoms with Crippen LogP contribution in [0.5, 0.6) is 0 Å². The van der Waals surface area contributed by atoms with Gasteiger partial charge in [0.25, 0.3) is 0 Å². The molecule has 1 fully saturated rings. The van der Waals surface area contributed by atoms with Crippen molar-refractivity contribution in [2.24, 2.45) is 5.92 Å². The van der Waals surface area contributed by atoms with E-state index in [-0.39, 0.29) is 6.61 Å². The molecule has 1 aliphatic heterocycles. The Labute approximate surface area is 81.5 Å². The average molecular weight is 189 g/mol. The highest BCUT2D eigenvalue weighted by Crippen LogP contribution is 2.11. The molecule has 0 radical (unpaired) electrons. The number of hydrogen-bond acceptors (Lipinski definition) is 3. The number of aliphatic hydroxyl groups is 1. The molecule has 80 valence electrons. The largest absolute Gasteiger partial charge is 0.394 e. The van der Waals surface area contributed by atoms with Crippen LogP contribution in [0.25, 0.3) is 0 Å². The van der Waals surface area contributed by atoms with Gasteiger partial charge in [-0.3, -0.25) is 0 Å². The summed E-state index contributed by atoms with van der Waals surface area (Å²) in [5.74, 6) is 0.711. The zero-order valence-electron chi connectivity index (χ0n) is 8.88. The summed E-state index contributed by atoms with van der Waals surface area (Å²) < 4.78 is 5.24. The van der Waals surface area contributed by atoms with Gasteiger partial charge in [-0.1, -0.05) is 13.8 Å². The number of aliphatic hydroxyl groups excluding tert-OH is 1. The first-order chi connectivity index (χ1) is 6.43. The third-order valence-electron chi connectivity index (χ3n) is 2.05. The number of rotatable bonds is 4. The second kappa shape index (κ2) is 9.96. The second-order valence-electron chi connectivity index (χ2n) is 2.99. The van der Waals surface area contributed by atoms with Crippen molar-refractivity contribution in [1.82, 2.24) is 5.32 Å². The van der Waals surface area contributed by atoms with Crippen LogP contribution in [0.15, 0.2) is 0 Å². The van der Waals surface area contributed by atoms with Crippen LogP contribution in [0, 0.1) is 5.92 Å². The van der Waals surface area contributed by atoms with Gasteiger partial charge in [0.15, 0.2) is 0 Å². The molecule has 0 spiro atoms. The van der Waals surface area contributed by atoms with Crippen LogP contribution in [-0.4, -0.2) is 38.0 Å². The standard InChI is InChI=1S/C8H17NO2.C2H6/c10-5-6-11-7-8-1-3-9-4-2-8;1-2/h8-10H,1-7H2;1-2H3. The molecule has 13 heavy (non-hydrogen) atoms. The number of nitrogens with one attached hydrogen (secondary N) is 1. The Hall–Kier alpha value is -0.120. The zero-order valence-corrected chi connectivity index (χ0v) is 8.88. The van der Waals surface area contributed by atoms with Crippen molar-refractivity contribution < 1.29 is 9.84 Å². The molecule has 0 unspecified atom stereocenters. The quantitative estimate of drug-likeness (QED) is 0.649. The Morgan fingerprint density at radius 3 is 2.46 bits per heavy atom. The molecular weight excluding hydrogens is 166 g/mol. The van der Waals surface area contributed by atoms with E-state index in [1.54, 1.807) is 0 Å². The lowest BCUT2D eigenvalue weighted by Crippen LogP contribution is -2.30. The Morgan fingerprint density at radius 2 is 1.92 bits per heavy atom. The molecule has 0 saturated carbocycles. The van der Waals surface area contributed by atoms with Gasteiger partial charge < -0.3 is 15.2 Å². The van der Waals surface area contributed by atoms with E-state index in [0.29, 0.717) is 12.5 Å². The molecule has 1 heterocycles. The van der Waals surface area contributed by atoms with Crippen LogP contribution in [-0.2, 0) is 4.74 Å². The van der Waals surface area contributed by atoms with Crippen molar-refractivity contribution >= 4 is 0 Å². The number of hydrogen-bond donors (Lipinski definition) is 2. The maximum Gasteiger partial charge on any atom is 0.0697 e. The summed E-state index contributed by atoms with van der Waals surface area (Å²) in [5, 5.41) is 11.8. The van der Waals surface area contributed by atoms with Crippen molar-refractivity contribution in [3.63, 3.8) is 0 Å². The van der Waals surface area contributed by atoms with Gasteiger partial charge in [-0.05, 0) is 31.8 Å². The molecule has 0 bridgehead atoms. The summed E-state index contributed by atoms with van der Waals surface area (Å²) in [7, 11) is 0. The van der Waals surface area contributed by atoms with E-state index in [9.17, 15) is 0 Å². The van der Waals surface area contributed by atoms with Crippen LogP contribution >= 0.6 is 0 Å². The smallest absolute Gasteiger partial charge is 0.0697 e. The number of piperidine rings is 1. The molecule has 0 amide bonds. The first-order valence-electron chi connectivity index (χ1n) is 5.33. The molecule has 0 atom stereocenters. The first kappa shape index (κ1) is 12.9. The molecule has 1 rings (SSSR count). The van der Waals surface area contributed by atoms with Gasteiger partial charge in [0, 0.05) is 6.61 Å². The topological polar surface area (TPSA) is 41.5 Å². The highest BCUT2D eigenvalue weighted by Gasteiger charge is 2.12. The van der Waals surface area contributed by atoms with Gasteiger partial charge in [0.05, 0.1) is 13.2 Å². The summed E-state index contributed by atoms with van der Waals surface area (Å²) >= 11 is 0. The van der Waals surface area contributed by atoms with Crippen molar-refractivity contribution in [1.29, 1.82) is 0 Å². The van der Waals surface area contributed by atoms with E-state index in [1.807, 2.05) is 13.8 Å². The molecule has 1 saturated heterocycles. The van der Waals surface area contributed by atoms with Crippen LogP contribution < -0.4 is 5.32 Å². The highest BCUT2D eigenvalue weighted by molar-refractivity contribution is 4.67. The molecule has 1 aliphatic rings. The fraction of sp³-hybridized carbons (Fsp3) is 1.00. The lowest BCUT2D eigenvalue weighted by atomic mass is 9.99. The number of ether oxygens (including phenoxy) is 1. The van der Waals surface area contributed by atoms with Crippen LogP contribution in [0.3, 0.4) is 0 Å². The Morgan fingerprint density at radius 1 is 1.31 bits per heavy atom. The van der Waals surface area contributed by atoms with Gasteiger partial charge in [0.2, 0.25) is 0 Å². The molecule has 3 heteroatoms. The van der Waals surface area contributed by atoms with Gasteiger partial charge in [-0.25, -0.2) is 0 Å². The highest BCUT2D eigenvalue weighted by atomic mass is 16.5. The van der Waals surface area contributed by atoms with Gasteiger partial charge in [-0.15, -0.1) is 0 Å². The fourth-order valence-corrected chi connectivity index (χ4v) is 1.36. The first-order valence-corrected chi connectivity index (χ1v) is 5.33. The zero-order chi connectivity index (χ0) is 9.94. The van der Waals surface area contributed by atoms with Crippen molar-refractivity contribution in [2.75, 3.05) is 32.9 Å². The minimum absolute atomic E-state index is 0.144. The van der Waals surface area contributed by atoms with E-state index < -0.39 is 0 Å². The SMILES string of the molecule is CC.OCCOCC1CCNCC1. The monoisotopic (exact) mass is 189 g/mol. The average Bonchev–Trinajstić information content (AvgIpc) is 2.23. The molecule has 3 nitrogen and oxygen atoms in total. The van der Waals surface area contributed by atoms with E-state index in [1.165, 1.54) is 12.8 Å². The predicted molar refractivity (Wildman–Crippen MR) is 54.8 cm³/mol. The lowest BCUT2D eigenvalue weighted by Gasteiger charge is -2.21. The van der Waals surface area contributed by atoms with Crippen LogP contribution in [0.1, 0.15) is 26.7 Å². The Balaban J connectivity index is 0.000000671. The van der Waals surface area contributed by atoms with Crippen LogP contribution in [0.4, 0.5) is 0 Å². The van der Waals surface area contributed by atoms with E-state index in [4.69, 9.17) is 9.84 Å². The van der Waals surface area contributed by atoms with Crippen molar-refractivity contribution in [2.45, 2.75) is 26.7 Å². The molecular formula is C10H23NO2. The maximum atomic E-state index is 8.46. The Bertz CT molecular complexity index is 92.9. The van der Waals surface area contributed by atoms with Crippen molar-refractivity contribution in [3.8, 4) is 0 Å². The minimum Gasteiger partial charge on any atom is -0.394 e. The maximum absolute atomic E-state index is 8.46. The van der Waals surface area contributed by atoms with Gasteiger partial charge >= 0.3 is 0 Å². The summed E-state index contributed by atoms with van der Waals surface area (Å²) in [6.45, 7) is 7.69. The summed E-state index contributed by atoms with van der Waals surface area (Å²) in [4.78, 5) is 0.